The Morgan fingerprint density at radius 1 is 1.47 bits per heavy atom. The van der Waals surface area contributed by atoms with E-state index in [1.807, 2.05) is 0 Å². The average molecular weight is 252 g/mol. The Labute approximate surface area is 98.9 Å². The summed E-state index contributed by atoms with van der Waals surface area (Å²) in [7, 11) is -3.58. The van der Waals surface area contributed by atoms with Crippen LogP contribution < -0.4 is 10.5 Å². The van der Waals surface area contributed by atoms with Crippen LogP contribution in [-0.4, -0.2) is 18.4 Å². The second-order valence-corrected chi connectivity index (χ2v) is 5.09. The predicted molar refractivity (Wildman–Crippen MR) is 63.7 cm³/mol. The first-order valence-electron chi connectivity index (χ1n) is 4.92. The topological polar surface area (TPSA) is 101 Å². The number of pyridine rings is 1. The Bertz CT molecular complexity index is 592. The summed E-state index contributed by atoms with van der Waals surface area (Å²) in [6.45, 7) is 0.266. The zero-order valence-corrected chi connectivity index (χ0v) is 9.74. The number of anilines is 1. The number of aromatic nitrogens is 2. The van der Waals surface area contributed by atoms with Crippen molar-refractivity contribution in [3.05, 3.63) is 42.5 Å². The summed E-state index contributed by atoms with van der Waals surface area (Å²) < 4.78 is 26.3. The van der Waals surface area contributed by atoms with Gasteiger partial charge in [0.1, 0.15) is 4.90 Å². The largest absolute Gasteiger partial charge is 0.363 e. The third-order valence-corrected chi connectivity index (χ3v) is 3.52. The lowest BCUT2D eigenvalue weighted by Gasteiger charge is -2.04. The number of aromatic amines is 1. The Morgan fingerprint density at radius 3 is 2.88 bits per heavy atom. The van der Waals surface area contributed by atoms with E-state index in [0.29, 0.717) is 11.4 Å². The summed E-state index contributed by atoms with van der Waals surface area (Å²) in [6.07, 6.45) is 4.41. The molecule has 2 heterocycles. The summed E-state index contributed by atoms with van der Waals surface area (Å²) in [5.41, 5.74) is 6.49. The van der Waals surface area contributed by atoms with Gasteiger partial charge in [-0.15, -0.1) is 0 Å². The maximum Gasteiger partial charge on any atom is 0.263 e. The molecule has 2 rings (SSSR count). The first-order valence-corrected chi connectivity index (χ1v) is 6.40. The Balaban J connectivity index is 2.25. The molecule has 0 aliphatic heterocycles. The molecule has 2 aromatic heterocycles. The van der Waals surface area contributed by atoms with Crippen molar-refractivity contribution in [3.8, 4) is 0 Å². The van der Waals surface area contributed by atoms with Crippen molar-refractivity contribution in [3.63, 3.8) is 0 Å². The van der Waals surface area contributed by atoms with Crippen LogP contribution in [0.3, 0.4) is 0 Å². The number of hydrogen-bond acceptors (Lipinski definition) is 4. The minimum Gasteiger partial charge on any atom is -0.363 e. The molecular formula is C10H12N4O2S. The number of rotatable bonds is 4. The lowest BCUT2D eigenvalue weighted by Crippen LogP contribution is -2.12. The highest BCUT2D eigenvalue weighted by molar-refractivity contribution is 7.92. The van der Waals surface area contributed by atoms with Crippen LogP contribution in [0.5, 0.6) is 0 Å². The van der Waals surface area contributed by atoms with Crippen molar-refractivity contribution in [1.82, 2.24) is 9.97 Å². The normalized spacial score (nSPS) is 11.4. The van der Waals surface area contributed by atoms with E-state index >= 15 is 0 Å². The molecule has 0 atom stereocenters. The molecule has 0 fully saturated rings. The van der Waals surface area contributed by atoms with Crippen LogP contribution in [0, 0.1) is 0 Å². The molecule has 0 unspecified atom stereocenters. The summed E-state index contributed by atoms with van der Waals surface area (Å²) >= 11 is 0. The number of nitrogens with one attached hydrogen (secondary N) is 2. The van der Waals surface area contributed by atoms with Crippen LogP contribution in [0.4, 0.5) is 5.69 Å². The third-order valence-electron chi connectivity index (χ3n) is 2.16. The highest BCUT2D eigenvalue weighted by atomic mass is 32.2. The SMILES string of the molecule is NCc1cc(S(=O)(=O)Nc2cccnc2)c[nH]1. The summed E-state index contributed by atoms with van der Waals surface area (Å²) in [4.78, 5) is 6.77. The zero-order valence-electron chi connectivity index (χ0n) is 8.92. The van der Waals surface area contributed by atoms with Gasteiger partial charge >= 0.3 is 0 Å². The van der Waals surface area contributed by atoms with Gasteiger partial charge in [-0.3, -0.25) is 9.71 Å². The standard InChI is InChI=1S/C10H12N4O2S/c11-5-9-4-10(7-13-9)17(15,16)14-8-2-1-3-12-6-8/h1-4,6-7,13-14H,5,11H2. The van der Waals surface area contributed by atoms with E-state index in [9.17, 15) is 8.42 Å². The molecule has 0 spiro atoms. The molecule has 4 N–H and O–H groups in total. The molecule has 0 radical (unpaired) electrons. The summed E-state index contributed by atoms with van der Waals surface area (Å²) in [5, 5.41) is 0. The number of nitrogens with two attached hydrogens (primary N) is 1. The van der Waals surface area contributed by atoms with Crippen LogP contribution in [0.2, 0.25) is 0 Å². The van der Waals surface area contributed by atoms with E-state index < -0.39 is 10.0 Å². The van der Waals surface area contributed by atoms with Crippen LogP contribution in [0.15, 0.2) is 41.7 Å². The van der Waals surface area contributed by atoms with Gasteiger partial charge in [0.25, 0.3) is 10.0 Å². The van der Waals surface area contributed by atoms with Gasteiger partial charge in [-0.25, -0.2) is 8.42 Å². The number of H-pyrrole nitrogens is 1. The average Bonchev–Trinajstić information content (AvgIpc) is 2.79. The molecule has 0 bridgehead atoms. The Morgan fingerprint density at radius 2 is 2.29 bits per heavy atom. The third kappa shape index (κ3) is 2.63. The highest BCUT2D eigenvalue weighted by Crippen LogP contribution is 2.15. The van der Waals surface area contributed by atoms with Crippen molar-refractivity contribution in [2.75, 3.05) is 4.72 Å². The highest BCUT2D eigenvalue weighted by Gasteiger charge is 2.15. The fourth-order valence-corrected chi connectivity index (χ4v) is 2.39. The second kappa shape index (κ2) is 4.56. The van der Waals surface area contributed by atoms with Crippen LogP contribution >= 0.6 is 0 Å². The molecule has 0 amide bonds. The molecule has 90 valence electrons. The van der Waals surface area contributed by atoms with Crippen LogP contribution in [-0.2, 0) is 16.6 Å². The van der Waals surface area contributed by atoms with Crippen molar-refractivity contribution >= 4 is 15.7 Å². The molecule has 0 saturated heterocycles. The smallest absolute Gasteiger partial charge is 0.263 e. The van der Waals surface area contributed by atoms with Gasteiger partial charge in [0, 0.05) is 24.6 Å². The van der Waals surface area contributed by atoms with E-state index in [-0.39, 0.29) is 11.4 Å². The Hall–Kier alpha value is -1.86. The maximum atomic E-state index is 11.9. The fourth-order valence-electron chi connectivity index (χ4n) is 1.33. The molecule has 0 aliphatic rings. The van der Waals surface area contributed by atoms with Crippen molar-refractivity contribution in [1.29, 1.82) is 0 Å². The molecule has 0 aliphatic carbocycles. The van der Waals surface area contributed by atoms with Gasteiger partial charge in [-0.2, -0.15) is 0 Å². The lowest BCUT2D eigenvalue weighted by atomic mass is 10.4. The van der Waals surface area contributed by atoms with Gasteiger partial charge < -0.3 is 10.7 Å². The molecule has 6 nitrogen and oxygen atoms in total. The van der Waals surface area contributed by atoms with Crippen molar-refractivity contribution in [2.45, 2.75) is 11.4 Å². The molecule has 17 heavy (non-hydrogen) atoms. The van der Waals surface area contributed by atoms with E-state index in [1.165, 1.54) is 18.5 Å². The molecule has 0 aromatic carbocycles. The van der Waals surface area contributed by atoms with E-state index in [1.54, 1.807) is 18.3 Å². The predicted octanol–water partition coefficient (Wildman–Crippen LogP) is 0.669. The number of hydrogen-bond donors (Lipinski definition) is 3. The van der Waals surface area contributed by atoms with Gasteiger partial charge in [0.15, 0.2) is 0 Å². The zero-order chi connectivity index (χ0) is 12.3. The molecule has 7 heteroatoms. The number of sulfonamides is 1. The lowest BCUT2D eigenvalue weighted by molar-refractivity contribution is 0.601. The quantitative estimate of drug-likeness (QED) is 0.744. The van der Waals surface area contributed by atoms with E-state index in [4.69, 9.17) is 5.73 Å². The van der Waals surface area contributed by atoms with Gasteiger partial charge in [0.2, 0.25) is 0 Å². The second-order valence-electron chi connectivity index (χ2n) is 3.41. The maximum absolute atomic E-state index is 11.9. The van der Waals surface area contributed by atoms with Crippen molar-refractivity contribution < 1.29 is 8.42 Å². The monoisotopic (exact) mass is 252 g/mol. The molecule has 2 aromatic rings. The van der Waals surface area contributed by atoms with Crippen molar-refractivity contribution in [2.24, 2.45) is 5.73 Å². The molecule has 0 saturated carbocycles. The fraction of sp³-hybridized carbons (Fsp3) is 0.100. The summed E-state index contributed by atoms with van der Waals surface area (Å²) in [5.74, 6) is 0. The summed E-state index contributed by atoms with van der Waals surface area (Å²) in [6, 6.07) is 4.78. The van der Waals surface area contributed by atoms with E-state index in [2.05, 4.69) is 14.7 Å². The van der Waals surface area contributed by atoms with E-state index in [0.717, 1.165) is 0 Å². The van der Waals surface area contributed by atoms with Gasteiger partial charge in [-0.05, 0) is 18.2 Å². The first kappa shape index (κ1) is 11.6. The first-order chi connectivity index (χ1) is 8.12. The van der Waals surface area contributed by atoms with Crippen LogP contribution in [0.1, 0.15) is 5.69 Å². The number of nitrogens with zero attached hydrogens (tertiary/aromatic N) is 1. The van der Waals surface area contributed by atoms with Gasteiger partial charge in [-0.1, -0.05) is 0 Å². The van der Waals surface area contributed by atoms with Gasteiger partial charge in [0.05, 0.1) is 11.9 Å². The molecular weight excluding hydrogens is 240 g/mol. The van der Waals surface area contributed by atoms with Crippen LogP contribution in [0.25, 0.3) is 0 Å². The minimum absolute atomic E-state index is 0.154. The Kier molecular flexibility index (Phi) is 3.12. The minimum atomic E-state index is -3.58.